The number of aromatic nitrogens is 3. The summed E-state index contributed by atoms with van der Waals surface area (Å²) in [6, 6.07) is 0. The van der Waals surface area contributed by atoms with E-state index in [2.05, 4.69) is 15.0 Å². The predicted molar refractivity (Wildman–Crippen MR) is 53.7 cm³/mol. The van der Waals surface area contributed by atoms with Crippen LogP contribution in [-0.4, -0.2) is 20.9 Å². The topological polar surface area (TPSA) is 102 Å². The van der Waals surface area contributed by atoms with Crippen molar-refractivity contribution in [1.82, 2.24) is 15.0 Å². The van der Waals surface area contributed by atoms with E-state index >= 15 is 0 Å². The van der Waals surface area contributed by atoms with E-state index in [-0.39, 0.29) is 16.4 Å². The molecule has 0 spiro atoms. The van der Waals surface area contributed by atoms with Gasteiger partial charge in [0.2, 0.25) is 10.7 Å². The van der Waals surface area contributed by atoms with Crippen LogP contribution in [0.3, 0.4) is 0 Å². The average Bonchev–Trinajstić information content (AvgIpc) is 2.19. The zero-order valence-corrected chi connectivity index (χ0v) is 8.08. The summed E-state index contributed by atoms with van der Waals surface area (Å²) in [6.45, 7) is 0. The number of carbonyl (C=O) groups excluding carboxylic acids is 1. The quantitative estimate of drug-likeness (QED) is 0.669. The number of nitrogens with two attached hydrogens (primary N) is 1. The number of carbonyl (C=O) groups is 1. The molecule has 0 aromatic carbocycles. The fourth-order valence-corrected chi connectivity index (χ4v) is 1.30. The number of nitrogens with one attached hydrogen (secondary N) is 1. The Labute approximate surface area is 88.1 Å². The van der Waals surface area contributed by atoms with Crippen molar-refractivity contribution in [2.24, 2.45) is 5.73 Å². The van der Waals surface area contributed by atoms with Crippen molar-refractivity contribution in [3.8, 4) is 0 Å². The van der Waals surface area contributed by atoms with E-state index in [0.29, 0.717) is 5.52 Å². The number of nitrogens with zero attached hydrogens (tertiary/aromatic N) is 2. The molecule has 0 saturated heterocycles. The lowest BCUT2D eigenvalue weighted by atomic mass is 10.2. The predicted octanol–water partition coefficient (Wildman–Crippen LogP) is 0.0704. The second-order valence-electron chi connectivity index (χ2n) is 2.80. The number of halogens is 1. The van der Waals surface area contributed by atoms with Crippen molar-refractivity contribution in [2.45, 2.75) is 0 Å². The molecule has 0 atom stereocenters. The van der Waals surface area contributed by atoms with E-state index in [1.807, 2.05) is 0 Å². The summed E-state index contributed by atoms with van der Waals surface area (Å²) in [6.07, 6.45) is 2.58. The highest BCUT2D eigenvalue weighted by Crippen LogP contribution is 2.06. The van der Waals surface area contributed by atoms with Gasteiger partial charge < -0.3 is 10.7 Å². The fourth-order valence-electron chi connectivity index (χ4n) is 1.17. The average molecular weight is 225 g/mol. The molecule has 15 heavy (non-hydrogen) atoms. The van der Waals surface area contributed by atoms with Crippen LogP contribution in [0.1, 0.15) is 10.4 Å². The normalized spacial score (nSPS) is 10.5. The van der Waals surface area contributed by atoms with Gasteiger partial charge in [-0.25, -0.2) is 9.97 Å². The van der Waals surface area contributed by atoms with Gasteiger partial charge in [-0.2, -0.15) is 0 Å². The molecule has 0 aliphatic carbocycles. The molecule has 3 N–H and O–H groups in total. The van der Waals surface area contributed by atoms with Gasteiger partial charge in [0, 0.05) is 6.20 Å². The Morgan fingerprint density at radius 1 is 1.53 bits per heavy atom. The molecule has 2 aromatic rings. The Balaban J connectivity index is 2.89. The zero-order valence-electron chi connectivity index (χ0n) is 7.32. The molecule has 0 unspecified atom stereocenters. The second-order valence-corrected chi connectivity index (χ2v) is 3.14. The highest BCUT2D eigenvalue weighted by atomic mass is 35.5. The van der Waals surface area contributed by atoms with Gasteiger partial charge in [-0.15, -0.1) is 0 Å². The van der Waals surface area contributed by atoms with Crippen LogP contribution in [0.4, 0.5) is 0 Å². The van der Waals surface area contributed by atoms with Gasteiger partial charge in [0.1, 0.15) is 11.1 Å². The first kappa shape index (κ1) is 9.60. The molecule has 0 saturated carbocycles. The summed E-state index contributed by atoms with van der Waals surface area (Å²) in [5.41, 5.74) is 4.74. The molecule has 0 aliphatic heterocycles. The first-order valence-electron chi connectivity index (χ1n) is 3.93. The number of hydrogen-bond donors (Lipinski definition) is 2. The first-order chi connectivity index (χ1) is 7.09. The molecule has 2 heterocycles. The summed E-state index contributed by atoms with van der Waals surface area (Å²) in [5.74, 6) is -0.812. The molecule has 0 fully saturated rings. The first-order valence-corrected chi connectivity index (χ1v) is 4.31. The Hall–Kier alpha value is -1.95. The molecule has 0 bridgehead atoms. The van der Waals surface area contributed by atoms with Gasteiger partial charge in [0.05, 0.1) is 11.7 Å². The molecule has 0 radical (unpaired) electrons. The third-order valence-corrected chi connectivity index (χ3v) is 2.04. The highest BCUT2D eigenvalue weighted by Gasteiger charge is 2.11. The maximum absolute atomic E-state index is 11.7. The number of fused-ring (bicyclic) bond motifs is 1. The van der Waals surface area contributed by atoms with E-state index in [9.17, 15) is 9.59 Å². The number of hydrogen-bond acceptors (Lipinski definition) is 4. The lowest BCUT2D eigenvalue weighted by Gasteiger charge is -1.98. The Morgan fingerprint density at radius 3 is 2.93 bits per heavy atom. The maximum atomic E-state index is 11.7. The molecule has 6 nitrogen and oxygen atoms in total. The van der Waals surface area contributed by atoms with E-state index in [4.69, 9.17) is 17.3 Å². The lowest BCUT2D eigenvalue weighted by molar-refractivity contribution is 0.0999. The molecule has 2 rings (SSSR count). The van der Waals surface area contributed by atoms with Crippen molar-refractivity contribution in [3.63, 3.8) is 0 Å². The minimum absolute atomic E-state index is 0.0475. The van der Waals surface area contributed by atoms with E-state index in [1.165, 1.54) is 12.4 Å². The third kappa shape index (κ3) is 1.55. The van der Waals surface area contributed by atoms with Crippen molar-refractivity contribution >= 4 is 28.5 Å². The molecule has 1 amide bonds. The van der Waals surface area contributed by atoms with Crippen molar-refractivity contribution < 1.29 is 4.79 Å². The molecule has 76 valence electrons. The van der Waals surface area contributed by atoms with Crippen LogP contribution in [0.15, 0.2) is 17.2 Å². The third-order valence-electron chi connectivity index (χ3n) is 1.86. The Bertz CT molecular complexity index is 607. The summed E-state index contributed by atoms with van der Waals surface area (Å²) >= 11 is 5.53. The van der Waals surface area contributed by atoms with Crippen LogP contribution in [0, 0.1) is 0 Å². The molecule has 7 heteroatoms. The maximum Gasteiger partial charge on any atom is 0.254 e. The summed E-state index contributed by atoms with van der Waals surface area (Å²) in [7, 11) is 0. The van der Waals surface area contributed by atoms with E-state index in [1.54, 1.807) is 0 Å². The van der Waals surface area contributed by atoms with Gasteiger partial charge in [-0.05, 0) is 11.6 Å². The molecule has 2 aromatic heterocycles. The Morgan fingerprint density at radius 2 is 2.27 bits per heavy atom. The second kappa shape index (κ2) is 3.32. The molecular formula is C8H5ClN4O2. The van der Waals surface area contributed by atoms with Gasteiger partial charge in [0.15, 0.2) is 0 Å². The van der Waals surface area contributed by atoms with Gasteiger partial charge in [-0.1, -0.05) is 0 Å². The highest BCUT2D eigenvalue weighted by molar-refractivity contribution is 6.28. The number of aromatic amines is 1. The van der Waals surface area contributed by atoms with Gasteiger partial charge >= 0.3 is 0 Å². The van der Waals surface area contributed by atoms with Crippen LogP contribution in [0.5, 0.6) is 0 Å². The standard InChI is InChI=1S/C8H5ClN4O2/c9-8-12-2-4-5(13-8)6(14)3(1-11-4)7(10)15/h1-2H,(H2,10,15)(H,11,14). The van der Waals surface area contributed by atoms with Crippen molar-refractivity contribution in [3.05, 3.63) is 33.5 Å². The molecular weight excluding hydrogens is 220 g/mol. The summed E-state index contributed by atoms with van der Waals surface area (Å²) in [4.78, 5) is 32.6. The number of rotatable bonds is 1. The van der Waals surface area contributed by atoms with E-state index < -0.39 is 11.3 Å². The fraction of sp³-hybridized carbons (Fsp3) is 0. The number of H-pyrrole nitrogens is 1. The minimum Gasteiger partial charge on any atom is -0.365 e. The SMILES string of the molecule is NC(=O)c1c[nH]c2cnc(Cl)nc2c1=O. The lowest BCUT2D eigenvalue weighted by Crippen LogP contribution is -2.22. The van der Waals surface area contributed by atoms with Gasteiger partial charge in [0.25, 0.3) is 5.91 Å². The zero-order chi connectivity index (χ0) is 11.0. The summed E-state index contributed by atoms with van der Waals surface area (Å²) in [5, 5.41) is -0.0605. The summed E-state index contributed by atoms with van der Waals surface area (Å²) < 4.78 is 0. The van der Waals surface area contributed by atoms with Crippen LogP contribution < -0.4 is 11.2 Å². The van der Waals surface area contributed by atoms with Crippen LogP contribution in [0.2, 0.25) is 5.28 Å². The monoisotopic (exact) mass is 224 g/mol. The largest absolute Gasteiger partial charge is 0.365 e. The van der Waals surface area contributed by atoms with E-state index in [0.717, 1.165) is 0 Å². The minimum atomic E-state index is -0.812. The van der Waals surface area contributed by atoms with Crippen LogP contribution >= 0.6 is 11.6 Å². The molecule has 0 aliphatic rings. The Kier molecular flexibility index (Phi) is 2.12. The number of primary amides is 1. The van der Waals surface area contributed by atoms with Crippen molar-refractivity contribution in [2.75, 3.05) is 0 Å². The number of pyridine rings is 1. The van der Waals surface area contributed by atoms with Crippen molar-refractivity contribution in [1.29, 1.82) is 0 Å². The van der Waals surface area contributed by atoms with Gasteiger partial charge in [-0.3, -0.25) is 9.59 Å². The smallest absolute Gasteiger partial charge is 0.254 e. The number of amides is 1. The van der Waals surface area contributed by atoms with Crippen LogP contribution in [-0.2, 0) is 0 Å². The van der Waals surface area contributed by atoms with Crippen LogP contribution in [0.25, 0.3) is 11.0 Å².